The molecule has 0 radical (unpaired) electrons. The summed E-state index contributed by atoms with van der Waals surface area (Å²) in [5, 5.41) is 16.3. The SMILES string of the molecule is Cc1nn(C)c(C)c1/C=C/C(=O)C(C#N)C(=O)NC1CCCCC1. The van der Waals surface area contributed by atoms with E-state index in [0.717, 1.165) is 42.6 Å². The molecule has 1 saturated carbocycles. The van der Waals surface area contributed by atoms with Crippen LogP contribution in [-0.4, -0.2) is 27.5 Å². The maximum Gasteiger partial charge on any atom is 0.245 e. The molecule has 1 unspecified atom stereocenters. The van der Waals surface area contributed by atoms with E-state index >= 15 is 0 Å². The predicted octanol–water partition coefficient (Wildman–Crippen LogP) is 2.21. The van der Waals surface area contributed by atoms with Crippen LogP contribution in [0.25, 0.3) is 6.08 Å². The van der Waals surface area contributed by atoms with E-state index in [4.69, 9.17) is 0 Å². The molecule has 1 amide bonds. The van der Waals surface area contributed by atoms with Crippen LogP contribution in [0, 0.1) is 31.1 Å². The van der Waals surface area contributed by atoms with Crippen molar-refractivity contribution in [3.8, 4) is 6.07 Å². The van der Waals surface area contributed by atoms with Crippen molar-refractivity contribution in [2.75, 3.05) is 0 Å². The first-order valence-corrected chi connectivity index (χ1v) is 8.36. The number of rotatable bonds is 5. The molecule has 6 nitrogen and oxygen atoms in total. The van der Waals surface area contributed by atoms with Crippen molar-refractivity contribution in [1.82, 2.24) is 15.1 Å². The molecule has 0 saturated heterocycles. The molecule has 1 aliphatic carbocycles. The summed E-state index contributed by atoms with van der Waals surface area (Å²) in [5.41, 5.74) is 2.58. The van der Waals surface area contributed by atoms with Crippen LogP contribution in [0.3, 0.4) is 0 Å². The van der Waals surface area contributed by atoms with E-state index in [-0.39, 0.29) is 6.04 Å². The van der Waals surface area contributed by atoms with E-state index in [9.17, 15) is 14.9 Å². The second kappa shape index (κ2) is 7.91. The van der Waals surface area contributed by atoms with Gasteiger partial charge in [-0.25, -0.2) is 0 Å². The van der Waals surface area contributed by atoms with Gasteiger partial charge in [0.25, 0.3) is 0 Å². The highest BCUT2D eigenvalue weighted by Gasteiger charge is 2.27. The third-order valence-corrected chi connectivity index (χ3v) is 4.61. The molecule has 6 heteroatoms. The minimum Gasteiger partial charge on any atom is -0.352 e. The first-order chi connectivity index (χ1) is 11.4. The third-order valence-electron chi connectivity index (χ3n) is 4.61. The van der Waals surface area contributed by atoms with Gasteiger partial charge in [-0.2, -0.15) is 10.4 Å². The van der Waals surface area contributed by atoms with Crippen LogP contribution in [-0.2, 0) is 16.6 Å². The second-order valence-corrected chi connectivity index (χ2v) is 6.35. The van der Waals surface area contributed by atoms with E-state index in [1.807, 2.05) is 27.0 Å². The molecule has 1 aromatic heterocycles. The van der Waals surface area contributed by atoms with Gasteiger partial charge in [-0.15, -0.1) is 0 Å². The number of aryl methyl sites for hydroxylation is 2. The van der Waals surface area contributed by atoms with Crippen LogP contribution in [0.2, 0.25) is 0 Å². The van der Waals surface area contributed by atoms with E-state index in [0.29, 0.717) is 0 Å². The van der Waals surface area contributed by atoms with Gasteiger partial charge >= 0.3 is 0 Å². The predicted molar refractivity (Wildman–Crippen MR) is 90.8 cm³/mol. The molecule has 0 aromatic carbocycles. The number of allylic oxidation sites excluding steroid dienone is 1. The summed E-state index contributed by atoms with van der Waals surface area (Å²) in [5.74, 6) is -2.27. The van der Waals surface area contributed by atoms with Crippen LogP contribution in [0.15, 0.2) is 6.08 Å². The van der Waals surface area contributed by atoms with Crippen molar-refractivity contribution in [3.63, 3.8) is 0 Å². The molecule has 128 valence electrons. The molecule has 0 bridgehead atoms. The normalized spacial score (nSPS) is 16.8. The zero-order valence-electron chi connectivity index (χ0n) is 14.5. The Bertz CT molecular complexity index is 691. The summed E-state index contributed by atoms with van der Waals surface area (Å²) in [6.07, 6.45) is 8.12. The maximum absolute atomic E-state index is 12.3. The van der Waals surface area contributed by atoms with Gasteiger partial charge in [0.1, 0.15) is 0 Å². The van der Waals surface area contributed by atoms with Crippen LogP contribution in [0.5, 0.6) is 0 Å². The second-order valence-electron chi connectivity index (χ2n) is 6.35. The van der Waals surface area contributed by atoms with Crippen LogP contribution in [0.4, 0.5) is 0 Å². The Morgan fingerprint density at radius 2 is 2.00 bits per heavy atom. The molecule has 1 N–H and O–H groups in total. The van der Waals surface area contributed by atoms with E-state index in [1.54, 1.807) is 10.8 Å². The number of amides is 1. The highest BCUT2D eigenvalue weighted by atomic mass is 16.2. The Hall–Kier alpha value is -2.42. The summed E-state index contributed by atoms with van der Waals surface area (Å²) in [7, 11) is 1.83. The molecule has 1 aromatic rings. The fourth-order valence-electron chi connectivity index (χ4n) is 3.08. The van der Waals surface area contributed by atoms with Gasteiger partial charge in [0.05, 0.1) is 11.8 Å². The summed E-state index contributed by atoms with van der Waals surface area (Å²) >= 11 is 0. The lowest BCUT2D eigenvalue weighted by Gasteiger charge is -2.23. The summed E-state index contributed by atoms with van der Waals surface area (Å²) in [4.78, 5) is 24.5. The Balaban J connectivity index is 2.04. The quantitative estimate of drug-likeness (QED) is 0.663. The van der Waals surface area contributed by atoms with Crippen molar-refractivity contribution in [1.29, 1.82) is 5.26 Å². The maximum atomic E-state index is 12.3. The zero-order chi connectivity index (χ0) is 17.7. The summed E-state index contributed by atoms with van der Waals surface area (Å²) in [6.45, 7) is 3.76. The first-order valence-electron chi connectivity index (χ1n) is 8.36. The monoisotopic (exact) mass is 328 g/mol. The fraction of sp³-hybridized carbons (Fsp3) is 0.556. The number of nitrogens with zero attached hydrogens (tertiary/aromatic N) is 3. The minimum absolute atomic E-state index is 0.0849. The molecule has 24 heavy (non-hydrogen) atoms. The average Bonchev–Trinajstić information content (AvgIpc) is 2.79. The number of nitriles is 1. The smallest absolute Gasteiger partial charge is 0.245 e. The van der Waals surface area contributed by atoms with Crippen molar-refractivity contribution in [2.45, 2.75) is 52.0 Å². The number of aromatic nitrogens is 2. The van der Waals surface area contributed by atoms with Gasteiger partial charge in [0, 0.05) is 24.3 Å². The van der Waals surface area contributed by atoms with Gasteiger partial charge in [0.2, 0.25) is 5.91 Å². The molecule has 0 aliphatic heterocycles. The molecular formula is C18H24N4O2. The lowest BCUT2D eigenvalue weighted by atomic mass is 9.94. The van der Waals surface area contributed by atoms with E-state index < -0.39 is 17.6 Å². The van der Waals surface area contributed by atoms with Crippen molar-refractivity contribution < 1.29 is 9.59 Å². The number of carbonyl (C=O) groups excluding carboxylic acids is 2. The van der Waals surface area contributed by atoms with Gasteiger partial charge in [-0.1, -0.05) is 19.3 Å². The van der Waals surface area contributed by atoms with Crippen LogP contribution in [0.1, 0.15) is 49.1 Å². The Morgan fingerprint density at radius 1 is 1.33 bits per heavy atom. The minimum atomic E-state index is -1.29. The molecule has 1 aliphatic rings. The van der Waals surface area contributed by atoms with Gasteiger partial charge < -0.3 is 5.32 Å². The number of nitrogens with one attached hydrogen (secondary N) is 1. The Labute approximate surface area is 142 Å². The van der Waals surface area contributed by atoms with Crippen LogP contribution >= 0.6 is 0 Å². The molecule has 1 heterocycles. The lowest BCUT2D eigenvalue weighted by Crippen LogP contribution is -2.41. The summed E-state index contributed by atoms with van der Waals surface area (Å²) in [6, 6.07) is 1.91. The summed E-state index contributed by atoms with van der Waals surface area (Å²) < 4.78 is 1.73. The van der Waals surface area contributed by atoms with Crippen molar-refractivity contribution >= 4 is 17.8 Å². The standard InChI is InChI=1S/C18H24N4O2/c1-12-15(13(2)22(3)21-12)9-10-17(23)16(11-19)18(24)20-14-7-5-4-6-8-14/h9-10,14,16H,4-8H2,1-3H3,(H,20,24)/b10-9+. The highest BCUT2D eigenvalue weighted by Crippen LogP contribution is 2.18. The number of carbonyl (C=O) groups is 2. The Morgan fingerprint density at radius 3 is 2.54 bits per heavy atom. The van der Waals surface area contributed by atoms with E-state index in [1.165, 1.54) is 12.5 Å². The van der Waals surface area contributed by atoms with Gasteiger partial charge in [-0.3, -0.25) is 14.3 Å². The van der Waals surface area contributed by atoms with Crippen molar-refractivity contribution in [3.05, 3.63) is 23.0 Å². The third kappa shape index (κ3) is 4.10. The van der Waals surface area contributed by atoms with Crippen molar-refractivity contribution in [2.24, 2.45) is 13.0 Å². The topological polar surface area (TPSA) is 87.8 Å². The lowest BCUT2D eigenvalue weighted by molar-refractivity contribution is -0.130. The Kier molecular flexibility index (Phi) is 5.91. The molecule has 0 spiro atoms. The van der Waals surface area contributed by atoms with Crippen LogP contribution < -0.4 is 5.32 Å². The first kappa shape index (κ1) is 17.9. The fourth-order valence-corrected chi connectivity index (χ4v) is 3.08. The molecule has 2 rings (SSSR count). The molecule has 1 atom stereocenters. The van der Waals surface area contributed by atoms with E-state index in [2.05, 4.69) is 10.4 Å². The van der Waals surface area contributed by atoms with Gasteiger partial charge in [-0.05, 0) is 38.8 Å². The average molecular weight is 328 g/mol. The van der Waals surface area contributed by atoms with Gasteiger partial charge in [0.15, 0.2) is 11.7 Å². The molecular weight excluding hydrogens is 304 g/mol. The largest absolute Gasteiger partial charge is 0.352 e. The number of hydrogen-bond donors (Lipinski definition) is 1. The highest BCUT2D eigenvalue weighted by molar-refractivity contribution is 6.10. The number of hydrogen-bond acceptors (Lipinski definition) is 4. The number of ketones is 1. The molecule has 1 fully saturated rings. The zero-order valence-corrected chi connectivity index (χ0v) is 14.5.